The Kier molecular flexibility index (Phi) is 2.41. The van der Waals surface area contributed by atoms with E-state index in [0.29, 0.717) is 17.9 Å². The van der Waals surface area contributed by atoms with Gasteiger partial charge in [0.25, 0.3) is 0 Å². The Hall–Kier alpha value is -0.340. The number of aliphatic hydroxyl groups is 1. The zero-order valence-corrected chi connectivity index (χ0v) is 10.1. The first-order valence-electron chi connectivity index (χ1n) is 6.67. The minimum Gasteiger partial charge on any atom is -0.387 e. The van der Waals surface area contributed by atoms with Gasteiger partial charge >= 0.3 is 0 Å². The zero-order valence-electron chi connectivity index (χ0n) is 10.1. The molecule has 0 bridgehead atoms. The fraction of sp³-hybridized carbons (Fsp3) is 0.857. The van der Waals surface area contributed by atoms with E-state index in [1.165, 1.54) is 12.0 Å². The van der Waals surface area contributed by atoms with Crippen LogP contribution >= 0.6 is 0 Å². The second-order valence-corrected chi connectivity index (χ2v) is 6.01. The van der Waals surface area contributed by atoms with Crippen LogP contribution in [0.3, 0.4) is 0 Å². The topological polar surface area (TPSA) is 29.5 Å². The molecule has 0 aromatic heterocycles. The molecule has 16 heavy (non-hydrogen) atoms. The van der Waals surface area contributed by atoms with Gasteiger partial charge in [0.15, 0.2) is 0 Å². The van der Waals surface area contributed by atoms with Crippen molar-refractivity contribution in [3.63, 3.8) is 0 Å². The molecular formula is C14H22O2. The van der Waals surface area contributed by atoms with Gasteiger partial charge in [-0.1, -0.05) is 31.9 Å². The Balaban J connectivity index is 1.76. The van der Waals surface area contributed by atoms with Gasteiger partial charge in [0, 0.05) is 5.92 Å². The van der Waals surface area contributed by atoms with Crippen molar-refractivity contribution in [2.75, 3.05) is 0 Å². The van der Waals surface area contributed by atoms with Gasteiger partial charge in [-0.25, -0.2) is 0 Å². The third-order valence-corrected chi connectivity index (χ3v) is 4.92. The van der Waals surface area contributed by atoms with Crippen molar-refractivity contribution in [1.82, 2.24) is 0 Å². The standard InChI is InChI=1S/C14H22O2/c1-9-7-11(9)12-8-10(2)14(15)6-4-3-5-13(14)16-12/h10-13,15H,1,3-8H2,2H3/t10-,11+,12-,13?,14+/m1/s1. The fourth-order valence-electron chi connectivity index (χ4n) is 3.59. The van der Waals surface area contributed by atoms with Crippen LogP contribution in [0.15, 0.2) is 12.2 Å². The molecule has 1 aliphatic heterocycles. The molecule has 5 atom stereocenters. The van der Waals surface area contributed by atoms with Crippen LogP contribution in [0.2, 0.25) is 0 Å². The molecule has 1 unspecified atom stereocenters. The van der Waals surface area contributed by atoms with Crippen molar-refractivity contribution < 1.29 is 9.84 Å². The van der Waals surface area contributed by atoms with E-state index in [1.807, 2.05) is 0 Å². The zero-order chi connectivity index (χ0) is 11.3. The quantitative estimate of drug-likeness (QED) is 0.691. The largest absolute Gasteiger partial charge is 0.387 e. The minimum absolute atomic E-state index is 0.0865. The summed E-state index contributed by atoms with van der Waals surface area (Å²) in [4.78, 5) is 0. The van der Waals surface area contributed by atoms with Gasteiger partial charge in [-0.2, -0.15) is 0 Å². The smallest absolute Gasteiger partial charge is 0.0934 e. The molecule has 3 rings (SSSR count). The maximum Gasteiger partial charge on any atom is 0.0934 e. The van der Waals surface area contributed by atoms with Crippen LogP contribution in [-0.2, 0) is 4.74 Å². The Bertz CT molecular complexity index is 312. The highest BCUT2D eigenvalue weighted by Gasteiger charge is 2.52. The summed E-state index contributed by atoms with van der Waals surface area (Å²) in [6, 6.07) is 0. The molecule has 0 amide bonds. The molecule has 90 valence electrons. The van der Waals surface area contributed by atoms with Crippen LogP contribution in [-0.4, -0.2) is 22.9 Å². The van der Waals surface area contributed by atoms with Crippen molar-refractivity contribution >= 4 is 0 Å². The first-order chi connectivity index (χ1) is 7.61. The highest BCUT2D eigenvalue weighted by molar-refractivity contribution is 5.22. The van der Waals surface area contributed by atoms with Gasteiger partial charge in [0.1, 0.15) is 0 Å². The molecule has 2 saturated carbocycles. The van der Waals surface area contributed by atoms with E-state index >= 15 is 0 Å². The minimum atomic E-state index is -0.537. The molecule has 0 aromatic carbocycles. The molecule has 0 spiro atoms. The molecule has 2 nitrogen and oxygen atoms in total. The molecular weight excluding hydrogens is 200 g/mol. The van der Waals surface area contributed by atoms with E-state index in [-0.39, 0.29) is 6.10 Å². The molecule has 0 radical (unpaired) electrons. The van der Waals surface area contributed by atoms with Crippen LogP contribution in [0.1, 0.15) is 45.4 Å². The molecule has 1 N–H and O–H groups in total. The molecule has 2 aliphatic carbocycles. The lowest BCUT2D eigenvalue weighted by Gasteiger charge is -2.50. The summed E-state index contributed by atoms with van der Waals surface area (Å²) in [6.45, 7) is 6.22. The number of hydrogen-bond acceptors (Lipinski definition) is 2. The van der Waals surface area contributed by atoms with Gasteiger partial charge in [-0.3, -0.25) is 0 Å². The maximum absolute atomic E-state index is 10.7. The van der Waals surface area contributed by atoms with Crippen LogP contribution in [0, 0.1) is 11.8 Å². The number of fused-ring (bicyclic) bond motifs is 1. The van der Waals surface area contributed by atoms with E-state index < -0.39 is 5.60 Å². The van der Waals surface area contributed by atoms with Crippen molar-refractivity contribution in [2.45, 2.75) is 63.3 Å². The number of hydrogen-bond donors (Lipinski definition) is 1. The molecule has 1 heterocycles. The summed E-state index contributed by atoms with van der Waals surface area (Å²) >= 11 is 0. The Labute approximate surface area is 97.7 Å². The molecule has 0 aromatic rings. The monoisotopic (exact) mass is 222 g/mol. The highest BCUT2D eigenvalue weighted by atomic mass is 16.5. The summed E-state index contributed by atoms with van der Waals surface area (Å²) in [7, 11) is 0. The molecule has 2 heteroatoms. The van der Waals surface area contributed by atoms with Gasteiger partial charge in [0.05, 0.1) is 17.8 Å². The summed E-state index contributed by atoms with van der Waals surface area (Å²) < 4.78 is 6.15. The van der Waals surface area contributed by atoms with E-state index in [1.54, 1.807) is 0 Å². The second-order valence-electron chi connectivity index (χ2n) is 6.01. The number of rotatable bonds is 1. The van der Waals surface area contributed by atoms with Crippen LogP contribution in [0.4, 0.5) is 0 Å². The lowest BCUT2D eigenvalue weighted by molar-refractivity contribution is -0.220. The van der Waals surface area contributed by atoms with Crippen molar-refractivity contribution in [2.24, 2.45) is 11.8 Å². The molecule has 3 fully saturated rings. The highest BCUT2D eigenvalue weighted by Crippen LogP contribution is 2.50. The van der Waals surface area contributed by atoms with Crippen LogP contribution in [0.25, 0.3) is 0 Å². The van der Waals surface area contributed by atoms with Crippen LogP contribution < -0.4 is 0 Å². The Morgan fingerprint density at radius 2 is 2.19 bits per heavy atom. The van der Waals surface area contributed by atoms with Gasteiger partial charge in [-0.15, -0.1) is 0 Å². The van der Waals surface area contributed by atoms with E-state index in [4.69, 9.17) is 4.74 Å². The average molecular weight is 222 g/mol. The SMILES string of the molecule is C=C1C[C@@H]1[C@H]1C[C@@H](C)[C@@]2(O)CCCCC2O1. The van der Waals surface area contributed by atoms with Crippen LogP contribution in [0.5, 0.6) is 0 Å². The third-order valence-electron chi connectivity index (χ3n) is 4.92. The van der Waals surface area contributed by atoms with Crippen molar-refractivity contribution in [3.8, 4) is 0 Å². The first-order valence-corrected chi connectivity index (χ1v) is 6.67. The molecule has 1 saturated heterocycles. The lowest BCUT2D eigenvalue weighted by atomic mass is 9.70. The van der Waals surface area contributed by atoms with Crippen molar-refractivity contribution in [1.29, 1.82) is 0 Å². The predicted molar refractivity (Wildman–Crippen MR) is 63.1 cm³/mol. The van der Waals surface area contributed by atoms with Gasteiger partial charge in [0.2, 0.25) is 0 Å². The van der Waals surface area contributed by atoms with E-state index in [2.05, 4.69) is 13.5 Å². The normalized spacial score (nSPS) is 52.2. The first kappa shape index (κ1) is 10.8. The average Bonchev–Trinajstić information content (AvgIpc) is 2.97. The summed E-state index contributed by atoms with van der Waals surface area (Å²) in [5, 5.41) is 10.7. The van der Waals surface area contributed by atoms with Gasteiger partial charge < -0.3 is 9.84 Å². The van der Waals surface area contributed by atoms with Crippen molar-refractivity contribution in [3.05, 3.63) is 12.2 Å². The number of ether oxygens (including phenoxy) is 1. The predicted octanol–water partition coefficient (Wildman–Crippen LogP) is 2.66. The summed E-state index contributed by atoms with van der Waals surface area (Å²) in [5.74, 6) is 0.971. The Morgan fingerprint density at radius 3 is 2.88 bits per heavy atom. The molecule has 3 aliphatic rings. The Morgan fingerprint density at radius 1 is 1.44 bits per heavy atom. The van der Waals surface area contributed by atoms with E-state index in [9.17, 15) is 5.11 Å². The van der Waals surface area contributed by atoms with Gasteiger partial charge in [-0.05, 0) is 31.6 Å². The maximum atomic E-state index is 10.7. The summed E-state index contributed by atoms with van der Waals surface area (Å²) in [6.07, 6.45) is 6.90. The fourth-order valence-corrected chi connectivity index (χ4v) is 3.59. The third kappa shape index (κ3) is 1.54. The summed E-state index contributed by atoms with van der Waals surface area (Å²) in [5.41, 5.74) is 0.809. The lowest BCUT2D eigenvalue weighted by Crippen LogP contribution is -2.57. The van der Waals surface area contributed by atoms with E-state index in [0.717, 1.165) is 32.1 Å². The second kappa shape index (κ2) is 3.58.